The molecular formula is C25H35NO8. The van der Waals surface area contributed by atoms with E-state index >= 15 is 0 Å². The molecule has 2 aliphatic heterocycles. The monoisotopic (exact) mass is 477 g/mol. The molecule has 11 atom stereocenters. The Morgan fingerprint density at radius 1 is 1.32 bits per heavy atom. The molecule has 1 spiro atoms. The van der Waals surface area contributed by atoms with Gasteiger partial charge in [0.1, 0.15) is 28.6 Å². The number of hydrogen-bond acceptors (Lipinski definition) is 8. The molecule has 2 saturated heterocycles. The lowest BCUT2D eigenvalue weighted by Gasteiger charge is -2.61. The maximum absolute atomic E-state index is 13.1. The largest absolute Gasteiger partial charge is 0.454 e. The van der Waals surface area contributed by atoms with Crippen LogP contribution in [0.15, 0.2) is 18.3 Å². The summed E-state index contributed by atoms with van der Waals surface area (Å²) in [6.45, 7) is 6.69. The molecule has 6 fully saturated rings. The summed E-state index contributed by atoms with van der Waals surface area (Å²) in [5.41, 5.74) is -7.50. The van der Waals surface area contributed by atoms with Crippen molar-refractivity contribution in [2.75, 3.05) is 6.61 Å². The lowest BCUT2D eigenvalue weighted by Crippen LogP contribution is -2.74. The number of esters is 1. The molecule has 188 valence electrons. The maximum atomic E-state index is 13.1. The molecule has 9 nitrogen and oxygen atoms in total. The van der Waals surface area contributed by atoms with E-state index in [2.05, 4.69) is 4.98 Å². The van der Waals surface area contributed by atoms with Crippen molar-refractivity contribution >= 4 is 5.97 Å². The van der Waals surface area contributed by atoms with Crippen molar-refractivity contribution in [3.8, 4) is 0 Å². The zero-order valence-corrected chi connectivity index (χ0v) is 20.0. The highest BCUT2D eigenvalue weighted by molar-refractivity contribution is 5.87. The van der Waals surface area contributed by atoms with Gasteiger partial charge in [-0.1, -0.05) is 27.7 Å². The van der Waals surface area contributed by atoms with Crippen molar-refractivity contribution in [1.29, 1.82) is 0 Å². The van der Waals surface area contributed by atoms with Crippen LogP contribution in [0.5, 0.6) is 0 Å². The van der Waals surface area contributed by atoms with Gasteiger partial charge in [0, 0.05) is 29.9 Å². The van der Waals surface area contributed by atoms with Gasteiger partial charge in [-0.2, -0.15) is 0 Å². The summed E-state index contributed by atoms with van der Waals surface area (Å²) in [7, 11) is 0. The number of carbonyl (C=O) groups is 1. The molecule has 7 rings (SSSR count). The van der Waals surface area contributed by atoms with Crippen LogP contribution in [0.25, 0.3) is 0 Å². The van der Waals surface area contributed by atoms with Gasteiger partial charge in [-0.05, 0) is 36.8 Å². The number of aromatic amines is 1. The molecule has 6 aliphatic rings. The van der Waals surface area contributed by atoms with Crippen LogP contribution in [0, 0.1) is 34.5 Å². The second-order valence-electron chi connectivity index (χ2n) is 12.1. The first-order valence-corrected chi connectivity index (χ1v) is 12.3. The van der Waals surface area contributed by atoms with Gasteiger partial charge in [0.15, 0.2) is 5.79 Å². The third-order valence-corrected chi connectivity index (χ3v) is 11.0. The average Bonchev–Trinajstić information content (AvgIpc) is 3.44. The highest BCUT2D eigenvalue weighted by Gasteiger charge is 3.00. The third-order valence-electron chi connectivity index (χ3n) is 11.0. The van der Waals surface area contributed by atoms with E-state index in [1.165, 1.54) is 0 Å². The average molecular weight is 478 g/mol. The number of hydrogen-bond donors (Lipinski definition) is 6. The van der Waals surface area contributed by atoms with Gasteiger partial charge in [-0.15, -0.1) is 0 Å². The molecule has 0 aromatic carbocycles. The fourth-order valence-corrected chi connectivity index (χ4v) is 9.55. The summed E-state index contributed by atoms with van der Waals surface area (Å²) in [6.07, 6.45) is -0.0207. The van der Waals surface area contributed by atoms with Gasteiger partial charge in [0.25, 0.3) is 0 Å². The SMILES string of the molecule is CC(C)[C@@]1(O)[C@@H](OC(=O)c2ccc[nH]2)C2C3C45O[C@](O)(C[C@]2(CO)[C@@]4(O)CC[C@H](C)[C@H]5O)[C@@]31C. The molecule has 0 amide bonds. The van der Waals surface area contributed by atoms with E-state index in [9.17, 15) is 30.3 Å². The minimum absolute atomic E-state index is 0.126. The van der Waals surface area contributed by atoms with Crippen LogP contribution >= 0.6 is 0 Å². The van der Waals surface area contributed by atoms with Crippen LogP contribution in [0.3, 0.4) is 0 Å². The zero-order chi connectivity index (χ0) is 24.7. The zero-order valence-electron chi connectivity index (χ0n) is 20.0. The quantitative estimate of drug-likeness (QED) is 0.344. The van der Waals surface area contributed by atoms with Crippen LogP contribution in [0.2, 0.25) is 0 Å². The van der Waals surface area contributed by atoms with Gasteiger partial charge in [0.05, 0.1) is 18.1 Å². The van der Waals surface area contributed by atoms with Crippen LogP contribution in [-0.2, 0) is 9.47 Å². The lowest BCUT2D eigenvalue weighted by molar-refractivity contribution is -0.390. The lowest BCUT2D eigenvalue weighted by atomic mass is 9.55. The van der Waals surface area contributed by atoms with Gasteiger partial charge in [-0.25, -0.2) is 4.79 Å². The normalized spacial score (nSPS) is 56.8. The van der Waals surface area contributed by atoms with E-state index in [0.29, 0.717) is 6.42 Å². The summed E-state index contributed by atoms with van der Waals surface area (Å²) >= 11 is 0. The van der Waals surface area contributed by atoms with E-state index < -0.39 is 76.0 Å². The van der Waals surface area contributed by atoms with Crippen LogP contribution in [0.4, 0.5) is 0 Å². The predicted molar refractivity (Wildman–Crippen MR) is 117 cm³/mol. The van der Waals surface area contributed by atoms with E-state index in [0.717, 1.165) is 0 Å². The Labute approximate surface area is 198 Å². The molecule has 4 saturated carbocycles. The molecule has 0 radical (unpaired) electrons. The second-order valence-corrected chi connectivity index (χ2v) is 12.1. The minimum atomic E-state index is -1.94. The second kappa shape index (κ2) is 6.25. The molecule has 3 heterocycles. The highest BCUT2D eigenvalue weighted by Crippen LogP contribution is 2.88. The van der Waals surface area contributed by atoms with Crippen LogP contribution < -0.4 is 0 Å². The summed E-state index contributed by atoms with van der Waals surface area (Å²) in [5, 5.41) is 59.3. The molecule has 34 heavy (non-hydrogen) atoms. The van der Waals surface area contributed by atoms with Crippen molar-refractivity contribution < 1.29 is 39.8 Å². The highest BCUT2D eigenvalue weighted by atomic mass is 16.7. The topological polar surface area (TPSA) is 152 Å². The molecule has 4 aliphatic carbocycles. The summed E-state index contributed by atoms with van der Waals surface area (Å²) < 4.78 is 12.4. The van der Waals surface area contributed by atoms with Crippen molar-refractivity contribution in [3.63, 3.8) is 0 Å². The Balaban J connectivity index is 1.62. The number of aliphatic hydroxyl groups is 5. The Morgan fingerprint density at radius 2 is 2.03 bits per heavy atom. The molecule has 1 aromatic heterocycles. The number of H-pyrrole nitrogens is 1. The van der Waals surface area contributed by atoms with Gasteiger partial charge in [0.2, 0.25) is 0 Å². The molecule has 9 heteroatoms. The Kier molecular flexibility index (Phi) is 4.22. The number of nitrogens with one attached hydrogen (secondary N) is 1. The smallest absolute Gasteiger partial charge is 0.355 e. The maximum Gasteiger partial charge on any atom is 0.355 e. The fourth-order valence-electron chi connectivity index (χ4n) is 9.55. The Bertz CT molecular complexity index is 1050. The van der Waals surface area contributed by atoms with Crippen molar-refractivity contribution in [2.24, 2.45) is 34.5 Å². The summed E-state index contributed by atoms with van der Waals surface area (Å²) in [4.78, 5) is 16.0. The number of aromatic nitrogens is 1. The molecule has 3 unspecified atom stereocenters. The Hall–Kier alpha value is -1.49. The van der Waals surface area contributed by atoms with Crippen molar-refractivity contribution in [1.82, 2.24) is 4.98 Å². The first-order valence-electron chi connectivity index (χ1n) is 12.3. The summed E-state index contributed by atoms with van der Waals surface area (Å²) in [6, 6.07) is 3.24. The van der Waals surface area contributed by atoms with E-state index in [1.54, 1.807) is 39.1 Å². The van der Waals surface area contributed by atoms with Crippen LogP contribution in [0.1, 0.15) is 57.4 Å². The molecule has 1 aromatic rings. The van der Waals surface area contributed by atoms with E-state index in [4.69, 9.17) is 9.47 Å². The van der Waals surface area contributed by atoms with Gasteiger partial charge >= 0.3 is 5.97 Å². The standard InChI is InChI=1S/C25H35NO8/c1-12(2)24(32)18(33-19(29)14-6-5-9-26-14)15-16-20(24,4)23(31)10-21(15,11-27)22(30)8-7-13(3)17(28)25(16,22)34-23/h5-6,9,12-13,15-18,26-28,30-32H,7-8,10-11H2,1-4H3/t13-,15?,16?,17+,18-,20+,21+,22-,23+,24+,25?/m0/s1. The molecule has 6 N–H and O–H groups in total. The summed E-state index contributed by atoms with van der Waals surface area (Å²) in [5.74, 6) is -4.79. The van der Waals surface area contributed by atoms with Gasteiger partial charge in [-0.3, -0.25) is 0 Å². The molecular weight excluding hydrogens is 442 g/mol. The fraction of sp³-hybridized carbons (Fsp3) is 0.800. The predicted octanol–water partition coefficient (Wildman–Crippen LogP) is 0.555. The number of rotatable bonds is 4. The van der Waals surface area contributed by atoms with Gasteiger partial charge < -0.3 is 40.0 Å². The number of carbonyl (C=O) groups excluding carboxylic acids is 1. The van der Waals surface area contributed by atoms with Crippen LogP contribution in [-0.4, -0.2) is 77.9 Å². The first kappa shape index (κ1) is 22.9. The number of ether oxygens (including phenoxy) is 2. The first-order chi connectivity index (χ1) is 15.8. The molecule has 6 bridgehead atoms. The Morgan fingerprint density at radius 3 is 2.62 bits per heavy atom. The minimum Gasteiger partial charge on any atom is -0.454 e. The number of aliphatic hydroxyl groups excluding tert-OH is 2. The third kappa shape index (κ3) is 1.89. The van der Waals surface area contributed by atoms with E-state index in [-0.39, 0.29) is 24.5 Å². The van der Waals surface area contributed by atoms with Crippen molar-refractivity contribution in [2.45, 2.75) is 81.8 Å². The van der Waals surface area contributed by atoms with Crippen molar-refractivity contribution in [3.05, 3.63) is 24.0 Å². The van der Waals surface area contributed by atoms with E-state index in [1.807, 2.05) is 6.92 Å².